The van der Waals surface area contributed by atoms with Gasteiger partial charge in [0, 0.05) is 13.2 Å². The molecule has 0 aromatic heterocycles. The molecule has 2 atom stereocenters. The molecular formula is C16H27NO2. The predicted octanol–water partition coefficient (Wildman–Crippen LogP) is 3.03. The smallest absolute Gasteiger partial charge is 0.119 e. The highest BCUT2D eigenvalue weighted by molar-refractivity contribution is 5.28. The topological polar surface area (TPSA) is 30.5 Å². The van der Waals surface area contributed by atoms with E-state index in [9.17, 15) is 0 Å². The Labute approximate surface area is 117 Å². The Kier molecular flexibility index (Phi) is 7.53. The second-order valence-corrected chi connectivity index (χ2v) is 4.99. The van der Waals surface area contributed by atoms with E-state index in [1.54, 1.807) is 14.2 Å². The molecule has 1 rings (SSSR count). The molecule has 0 saturated carbocycles. The summed E-state index contributed by atoms with van der Waals surface area (Å²) in [6, 6.07) is 8.74. The molecule has 0 aliphatic heterocycles. The summed E-state index contributed by atoms with van der Waals surface area (Å²) >= 11 is 0. The van der Waals surface area contributed by atoms with Gasteiger partial charge in [-0.3, -0.25) is 0 Å². The van der Waals surface area contributed by atoms with Crippen LogP contribution in [0, 0.1) is 0 Å². The fraction of sp³-hybridized carbons (Fsp3) is 0.625. The number of ether oxygens (including phenoxy) is 2. The van der Waals surface area contributed by atoms with Crippen molar-refractivity contribution in [2.24, 2.45) is 0 Å². The van der Waals surface area contributed by atoms with Gasteiger partial charge >= 0.3 is 0 Å². The molecular weight excluding hydrogens is 238 g/mol. The molecule has 1 aromatic rings. The van der Waals surface area contributed by atoms with Crippen LogP contribution in [0.2, 0.25) is 0 Å². The molecule has 0 heterocycles. The highest BCUT2D eigenvalue weighted by Gasteiger charge is 2.13. The maximum atomic E-state index is 5.38. The molecule has 0 aliphatic carbocycles. The summed E-state index contributed by atoms with van der Waals surface area (Å²) in [5.74, 6) is 0.923. The molecule has 0 saturated heterocycles. The van der Waals surface area contributed by atoms with Crippen LogP contribution in [0.25, 0.3) is 0 Å². The van der Waals surface area contributed by atoms with Crippen molar-refractivity contribution in [1.82, 2.24) is 5.32 Å². The van der Waals surface area contributed by atoms with E-state index in [-0.39, 0.29) is 6.10 Å². The minimum atomic E-state index is 0.278. The van der Waals surface area contributed by atoms with Crippen LogP contribution in [-0.2, 0) is 11.2 Å². The van der Waals surface area contributed by atoms with Gasteiger partial charge in [-0.2, -0.15) is 0 Å². The lowest BCUT2D eigenvalue weighted by molar-refractivity contribution is 0.100. The monoisotopic (exact) mass is 265 g/mol. The van der Waals surface area contributed by atoms with Gasteiger partial charge < -0.3 is 14.8 Å². The highest BCUT2D eigenvalue weighted by Crippen LogP contribution is 2.16. The molecule has 0 aliphatic rings. The van der Waals surface area contributed by atoms with Gasteiger partial charge in [-0.15, -0.1) is 0 Å². The Hall–Kier alpha value is -1.06. The van der Waals surface area contributed by atoms with E-state index in [1.807, 2.05) is 12.1 Å². The molecule has 0 bridgehead atoms. The maximum absolute atomic E-state index is 5.38. The second-order valence-electron chi connectivity index (χ2n) is 4.99. The average molecular weight is 265 g/mol. The minimum absolute atomic E-state index is 0.278. The Morgan fingerprint density at radius 1 is 1.26 bits per heavy atom. The third-order valence-corrected chi connectivity index (χ3v) is 3.32. The zero-order chi connectivity index (χ0) is 14.1. The van der Waals surface area contributed by atoms with Gasteiger partial charge in [0.25, 0.3) is 0 Å². The Bertz CT molecular complexity index is 354. The summed E-state index contributed by atoms with van der Waals surface area (Å²) in [5, 5.41) is 3.60. The number of hydrogen-bond donors (Lipinski definition) is 1. The van der Waals surface area contributed by atoms with Crippen LogP contribution in [0.4, 0.5) is 0 Å². The van der Waals surface area contributed by atoms with Crippen LogP contribution >= 0.6 is 0 Å². The van der Waals surface area contributed by atoms with E-state index in [4.69, 9.17) is 9.47 Å². The van der Waals surface area contributed by atoms with Crippen LogP contribution < -0.4 is 10.1 Å². The first kappa shape index (κ1) is 16.0. The zero-order valence-corrected chi connectivity index (χ0v) is 12.6. The van der Waals surface area contributed by atoms with Crippen LogP contribution in [0.3, 0.4) is 0 Å². The lowest BCUT2D eigenvalue weighted by Crippen LogP contribution is -2.35. The molecule has 1 N–H and O–H groups in total. The van der Waals surface area contributed by atoms with E-state index in [1.165, 1.54) is 5.56 Å². The SMILES string of the molecule is CCCNC(Cc1cccc(OC)c1)CC(C)OC. The van der Waals surface area contributed by atoms with Crippen molar-refractivity contribution in [2.45, 2.75) is 45.3 Å². The van der Waals surface area contributed by atoms with E-state index < -0.39 is 0 Å². The van der Waals surface area contributed by atoms with E-state index in [0.717, 1.165) is 31.6 Å². The number of rotatable bonds is 9. The maximum Gasteiger partial charge on any atom is 0.119 e. The largest absolute Gasteiger partial charge is 0.497 e. The molecule has 3 nitrogen and oxygen atoms in total. The molecule has 0 fully saturated rings. The first-order valence-corrected chi connectivity index (χ1v) is 7.08. The summed E-state index contributed by atoms with van der Waals surface area (Å²) in [6.07, 6.45) is 3.45. The van der Waals surface area contributed by atoms with E-state index >= 15 is 0 Å². The normalized spacial score (nSPS) is 14.1. The van der Waals surface area contributed by atoms with Gasteiger partial charge in [0.15, 0.2) is 0 Å². The predicted molar refractivity (Wildman–Crippen MR) is 79.9 cm³/mol. The van der Waals surface area contributed by atoms with Gasteiger partial charge in [-0.25, -0.2) is 0 Å². The van der Waals surface area contributed by atoms with Crippen molar-refractivity contribution in [3.8, 4) is 5.75 Å². The molecule has 0 radical (unpaired) electrons. The number of methoxy groups -OCH3 is 2. The van der Waals surface area contributed by atoms with Crippen molar-refractivity contribution >= 4 is 0 Å². The van der Waals surface area contributed by atoms with Crippen molar-refractivity contribution < 1.29 is 9.47 Å². The molecule has 1 aromatic carbocycles. The molecule has 2 unspecified atom stereocenters. The third kappa shape index (κ3) is 6.08. The lowest BCUT2D eigenvalue weighted by Gasteiger charge is -2.22. The van der Waals surface area contributed by atoms with Crippen LogP contribution in [0.15, 0.2) is 24.3 Å². The molecule has 108 valence electrons. The first-order valence-electron chi connectivity index (χ1n) is 7.08. The number of benzene rings is 1. The van der Waals surface area contributed by atoms with E-state index in [2.05, 4.69) is 31.3 Å². The average Bonchev–Trinajstić information content (AvgIpc) is 2.44. The van der Waals surface area contributed by atoms with Gasteiger partial charge in [-0.05, 0) is 50.4 Å². The van der Waals surface area contributed by atoms with Crippen LogP contribution in [0.5, 0.6) is 5.75 Å². The van der Waals surface area contributed by atoms with Crippen LogP contribution in [0.1, 0.15) is 32.3 Å². The summed E-state index contributed by atoms with van der Waals surface area (Å²) in [6.45, 7) is 5.35. The molecule has 0 amide bonds. The highest BCUT2D eigenvalue weighted by atomic mass is 16.5. The summed E-state index contributed by atoms with van der Waals surface area (Å²) in [4.78, 5) is 0. The van der Waals surface area contributed by atoms with Crippen molar-refractivity contribution in [3.05, 3.63) is 29.8 Å². The van der Waals surface area contributed by atoms with Crippen molar-refractivity contribution in [3.63, 3.8) is 0 Å². The summed E-state index contributed by atoms with van der Waals surface area (Å²) in [7, 11) is 3.48. The quantitative estimate of drug-likeness (QED) is 0.744. The lowest BCUT2D eigenvalue weighted by atomic mass is 10.0. The summed E-state index contributed by atoms with van der Waals surface area (Å²) in [5.41, 5.74) is 1.30. The summed E-state index contributed by atoms with van der Waals surface area (Å²) < 4.78 is 10.7. The van der Waals surface area contributed by atoms with Gasteiger partial charge in [0.1, 0.15) is 5.75 Å². The molecule has 19 heavy (non-hydrogen) atoms. The molecule has 0 spiro atoms. The Morgan fingerprint density at radius 2 is 2.05 bits per heavy atom. The third-order valence-electron chi connectivity index (χ3n) is 3.32. The van der Waals surface area contributed by atoms with Crippen LogP contribution in [-0.4, -0.2) is 32.9 Å². The van der Waals surface area contributed by atoms with Gasteiger partial charge in [0.2, 0.25) is 0 Å². The van der Waals surface area contributed by atoms with Gasteiger partial charge in [0.05, 0.1) is 13.2 Å². The van der Waals surface area contributed by atoms with Crippen molar-refractivity contribution in [2.75, 3.05) is 20.8 Å². The first-order chi connectivity index (χ1) is 9.19. The Morgan fingerprint density at radius 3 is 2.68 bits per heavy atom. The standard InChI is InChI=1S/C16H27NO2/c1-5-9-17-15(10-13(2)18-3)11-14-7-6-8-16(12-14)19-4/h6-8,12-13,15,17H,5,9-11H2,1-4H3. The number of nitrogens with one attached hydrogen (secondary N) is 1. The molecule has 3 heteroatoms. The fourth-order valence-corrected chi connectivity index (χ4v) is 2.17. The van der Waals surface area contributed by atoms with E-state index in [0.29, 0.717) is 6.04 Å². The second kappa shape index (κ2) is 8.94. The number of hydrogen-bond acceptors (Lipinski definition) is 3. The zero-order valence-electron chi connectivity index (χ0n) is 12.6. The van der Waals surface area contributed by atoms with Crippen molar-refractivity contribution in [1.29, 1.82) is 0 Å². The van der Waals surface area contributed by atoms with Gasteiger partial charge in [-0.1, -0.05) is 19.1 Å². The fourth-order valence-electron chi connectivity index (χ4n) is 2.17. The Balaban J connectivity index is 2.63. The minimum Gasteiger partial charge on any atom is -0.497 e.